The smallest absolute Gasteiger partial charge is 0.200 e. The fourth-order valence-electron chi connectivity index (χ4n) is 5.27. The summed E-state index contributed by atoms with van der Waals surface area (Å²) in [5, 5.41) is 21.7. The molecule has 7 nitrogen and oxygen atoms in total. The van der Waals surface area contributed by atoms with Crippen LogP contribution in [0.2, 0.25) is 0 Å². The SMILES string of the molecule is O=C(Cc1cnccc1[C@H]1C[C@@H](O)[C@@]2(O)CCCC[C@H]2O1)c1c[nH]cc(-c2ccccc2)c1=O. The molecule has 176 valence electrons. The number of benzene rings is 1. The summed E-state index contributed by atoms with van der Waals surface area (Å²) in [7, 11) is 0. The molecule has 2 aliphatic rings. The van der Waals surface area contributed by atoms with Gasteiger partial charge in [0.1, 0.15) is 5.60 Å². The van der Waals surface area contributed by atoms with Crippen molar-refractivity contribution in [2.24, 2.45) is 0 Å². The maximum atomic E-state index is 13.2. The van der Waals surface area contributed by atoms with Gasteiger partial charge >= 0.3 is 0 Å². The van der Waals surface area contributed by atoms with Crippen molar-refractivity contribution in [2.75, 3.05) is 0 Å². The van der Waals surface area contributed by atoms with Crippen LogP contribution in [0.25, 0.3) is 11.1 Å². The predicted molar refractivity (Wildman–Crippen MR) is 126 cm³/mol. The zero-order chi connectivity index (χ0) is 23.7. The quantitative estimate of drug-likeness (QED) is 0.504. The van der Waals surface area contributed by atoms with E-state index >= 15 is 0 Å². The van der Waals surface area contributed by atoms with Gasteiger partial charge in [0.05, 0.1) is 23.9 Å². The van der Waals surface area contributed by atoms with Gasteiger partial charge in [0.2, 0.25) is 0 Å². The Balaban J connectivity index is 1.41. The molecule has 2 aromatic heterocycles. The number of carbonyl (C=O) groups excluding carboxylic acids is 1. The Morgan fingerprint density at radius 3 is 2.82 bits per heavy atom. The fraction of sp³-hybridized carbons (Fsp3) is 0.370. The predicted octanol–water partition coefficient (Wildman–Crippen LogP) is 3.36. The first-order valence-electron chi connectivity index (χ1n) is 11.8. The molecule has 1 saturated carbocycles. The van der Waals surface area contributed by atoms with E-state index in [-0.39, 0.29) is 29.6 Å². The van der Waals surface area contributed by atoms with Gasteiger partial charge < -0.3 is 19.9 Å². The molecule has 3 aromatic rings. The molecule has 34 heavy (non-hydrogen) atoms. The molecule has 1 aromatic carbocycles. The molecule has 1 aliphatic carbocycles. The molecule has 0 spiro atoms. The molecule has 3 heterocycles. The van der Waals surface area contributed by atoms with Crippen molar-refractivity contribution in [3.63, 3.8) is 0 Å². The number of ketones is 1. The minimum atomic E-state index is -1.22. The zero-order valence-corrected chi connectivity index (χ0v) is 18.8. The summed E-state index contributed by atoms with van der Waals surface area (Å²) in [5.41, 5.74) is 1.13. The van der Waals surface area contributed by atoms with E-state index in [2.05, 4.69) is 9.97 Å². The van der Waals surface area contributed by atoms with Crippen molar-refractivity contribution in [3.05, 3.63) is 88.1 Å². The molecular formula is C27H28N2O5. The first-order valence-corrected chi connectivity index (χ1v) is 11.8. The lowest BCUT2D eigenvalue weighted by molar-refractivity contribution is -0.242. The summed E-state index contributed by atoms with van der Waals surface area (Å²) in [5.74, 6) is -0.321. The van der Waals surface area contributed by atoms with Gasteiger partial charge in [0.25, 0.3) is 0 Å². The summed E-state index contributed by atoms with van der Waals surface area (Å²) < 4.78 is 6.26. The first-order chi connectivity index (χ1) is 16.5. The van der Waals surface area contributed by atoms with E-state index in [1.165, 1.54) is 6.20 Å². The number of rotatable bonds is 5. The van der Waals surface area contributed by atoms with Crippen molar-refractivity contribution < 1.29 is 19.7 Å². The summed E-state index contributed by atoms with van der Waals surface area (Å²) in [6.45, 7) is 0. The number of aromatic amines is 1. The summed E-state index contributed by atoms with van der Waals surface area (Å²) in [4.78, 5) is 33.4. The van der Waals surface area contributed by atoms with Crippen molar-refractivity contribution in [1.29, 1.82) is 0 Å². The second kappa shape index (κ2) is 9.25. The van der Waals surface area contributed by atoms with Crippen LogP contribution < -0.4 is 5.43 Å². The van der Waals surface area contributed by atoms with Gasteiger partial charge in [-0.25, -0.2) is 0 Å². The molecule has 1 aliphatic heterocycles. The highest BCUT2D eigenvalue weighted by molar-refractivity contribution is 5.98. The topological polar surface area (TPSA) is 113 Å². The lowest BCUT2D eigenvalue weighted by Gasteiger charge is -2.49. The van der Waals surface area contributed by atoms with Gasteiger partial charge in [-0.2, -0.15) is 0 Å². The standard InChI is InChI=1S/C27H28N2O5/c30-22(21-16-29-15-20(26(21)32)17-6-2-1-3-7-17)12-18-14-28-11-9-19(18)23-13-24(31)27(33)10-5-4-8-25(27)34-23/h1-3,6-7,9,11,14-16,23-25,31,33H,4-5,8,10,12-13H2,(H,29,32)/t23-,24-,25-,27+/m1/s1. The third-order valence-corrected chi connectivity index (χ3v) is 7.16. The van der Waals surface area contributed by atoms with Crippen LogP contribution in [-0.2, 0) is 11.2 Å². The van der Waals surface area contributed by atoms with Crippen LogP contribution in [0.3, 0.4) is 0 Å². The zero-order valence-electron chi connectivity index (χ0n) is 18.8. The third kappa shape index (κ3) is 4.11. The lowest BCUT2D eigenvalue weighted by atomic mass is 9.74. The van der Waals surface area contributed by atoms with Crippen LogP contribution >= 0.6 is 0 Å². The van der Waals surface area contributed by atoms with E-state index in [0.717, 1.165) is 24.0 Å². The highest BCUT2D eigenvalue weighted by atomic mass is 16.5. The van der Waals surface area contributed by atoms with Gasteiger partial charge in [0.15, 0.2) is 11.2 Å². The Morgan fingerprint density at radius 2 is 2.00 bits per heavy atom. The van der Waals surface area contributed by atoms with E-state index in [1.54, 1.807) is 24.7 Å². The molecule has 3 N–H and O–H groups in total. The maximum absolute atomic E-state index is 13.2. The fourth-order valence-corrected chi connectivity index (χ4v) is 5.27. The number of H-pyrrole nitrogens is 1. The number of aliphatic hydroxyl groups is 2. The number of hydrogen-bond acceptors (Lipinski definition) is 6. The maximum Gasteiger partial charge on any atom is 0.200 e. The molecular weight excluding hydrogens is 432 g/mol. The molecule has 0 amide bonds. The number of hydrogen-bond donors (Lipinski definition) is 3. The number of fused-ring (bicyclic) bond motifs is 1. The van der Waals surface area contributed by atoms with Crippen molar-refractivity contribution >= 4 is 5.78 Å². The number of nitrogens with zero attached hydrogens (tertiary/aromatic N) is 1. The second-order valence-electron chi connectivity index (χ2n) is 9.25. The molecule has 0 bridgehead atoms. The van der Waals surface area contributed by atoms with Gasteiger partial charge in [-0.05, 0) is 35.6 Å². The number of ether oxygens (including phenoxy) is 1. The minimum Gasteiger partial charge on any atom is -0.390 e. The number of carbonyl (C=O) groups is 1. The molecule has 5 rings (SSSR count). The van der Waals surface area contributed by atoms with Crippen molar-refractivity contribution in [2.45, 2.75) is 62.4 Å². The molecule has 7 heteroatoms. The van der Waals surface area contributed by atoms with E-state index in [0.29, 0.717) is 24.0 Å². The van der Waals surface area contributed by atoms with E-state index in [1.807, 2.05) is 30.3 Å². The van der Waals surface area contributed by atoms with E-state index in [4.69, 9.17) is 4.74 Å². The highest BCUT2D eigenvalue weighted by Crippen LogP contribution is 2.44. The second-order valence-corrected chi connectivity index (χ2v) is 9.25. The highest BCUT2D eigenvalue weighted by Gasteiger charge is 2.51. The van der Waals surface area contributed by atoms with Crippen molar-refractivity contribution in [1.82, 2.24) is 9.97 Å². The lowest BCUT2D eigenvalue weighted by Crippen LogP contribution is -2.58. The molecule has 0 radical (unpaired) electrons. The van der Waals surface area contributed by atoms with Crippen LogP contribution in [0.4, 0.5) is 0 Å². The number of nitrogens with one attached hydrogen (secondary N) is 1. The number of pyridine rings is 2. The molecule has 0 unspecified atom stereocenters. The van der Waals surface area contributed by atoms with Gasteiger partial charge in [-0.15, -0.1) is 0 Å². The average molecular weight is 461 g/mol. The number of aliphatic hydroxyl groups excluding tert-OH is 1. The monoisotopic (exact) mass is 460 g/mol. The van der Waals surface area contributed by atoms with Crippen LogP contribution in [0, 0.1) is 0 Å². The summed E-state index contributed by atoms with van der Waals surface area (Å²) >= 11 is 0. The van der Waals surface area contributed by atoms with Crippen molar-refractivity contribution in [3.8, 4) is 11.1 Å². The number of aromatic nitrogens is 2. The Kier molecular flexibility index (Phi) is 6.16. The first kappa shape index (κ1) is 22.7. The summed E-state index contributed by atoms with van der Waals surface area (Å²) in [6.07, 6.45) is 7.70. The van der Waals surface area contributed by atoms with E-state index in [9.17, 15) is 19.8 Å². The largest absolute Gasteiger partial charge is 0.390 e. The number of Topliss-reactive ketones (excluding diaryl/α,β-unsaturated/α-hetero) is 1. The molecule has 4 atom stereocenters. The Morgan fingerprint density at radius 1 is 1.18 bits per heavy atom. The van der Waals surface area contributed by atoms with Gasteiger partial charge in [-0.1, -0.05) is 43.2 Å². The van der Waals surface area contributed by atoms with Crippen LogP contribution in [0.1, 0.15) is 59.7 Å². The Hall–Kier alpha value is -3.13. The van der Waals surface area contributed by atoms with E-state index < -0.39 is 23.9 Å². The average Bonchev–Trinajstić information content (AvgIpc) is 2.85. The van der Waals surface area contributed by atoms with Crippen LogP contribution in [0.5, 0.6) is 0 Å². The van der Waals surface area contributed by atoms with Gasteiger partial charge in [0, 0.05) is 43.2 Å². The summed E-state index contributed by atoms with van der Waals surface area (Å²) in [6, 6.07) is 11.0. The Labute approximate surface area is 197 Å². The molecule has 2 fully saturated rings. The minimum absolute atomic E-state index is 0.0185. The van der Waals surface area contributed by atoms with Crippen LogP contribution in [0.15, 0.2) is 66.0 Å². The van der Waals surface area contributed by atoms with Crippen LogP contribution in [-0.4, -0.2) is 43.8 Å². The normalized spacial score (nSPS) is 26.6. The van der Waals surface area contributed by atoms with Gasteiger partial charge in [-0.3, -0.25) is 14.6 Å². The molecule has 1 saturated heterocycles. The third-order valence-electron chi connectivity index (χ3n) is 7.16. The Bertz CT molecular complexity index is 1240.